The molecule has 1 aliphatic heterocycles. The van der Waals surface area contributed by atoms with Crippen molar-refractivity contribution in [3.63, 3.8) is 0 Å². The van der Waals surface area contributed by atoms with Gasteiger partial charge in [0.15, 0.2) is 0 Å². The molecule has 0 radical (unpaired) electrons. The first kappa shape index (κ1) is 24.4. The maximum absolute atomic E-state index is 13.1. The lowest BCUT2D eigenvalue weighted by atomic mass is 9.96. The standard InChI is InChI=1S/C18H19Cl3N2O6S2/c1-2-11(23-5-7-29-8-6-23)12-10(4-3-9(14(12)24)18(25)26)22-31(27,28)15-13(19)16(20)30-17(15)21/h3-4,11,22,24H,2,5-8H2,1H3,(H,25,26). The van der Waals surface area contributed by atoms with Gasteiger partial charge in [-0.1, -0.05) is 41.7 Å². The van der Waals surface area contributed by atoms with Crippen LogP contribution in [-0.2, 0) is 14.8 Å². The Bertz CT molecular complexity index is 1100. The monoisotopic (exact) mass is 528 g/mol. The molecule has 1 aliphatic rings. The minimum Gasteiger partial charge on any atom is -0.507 e. The van der Waals surface area contributed by atoms with Gasteiger partial charge in [-0.3, -0.25) is 9.62 Å². The minimum atomic E-state index is -4.29. The molecule has 1 unspecified atom stereocenters. The molecular weight excluding hydrogens is 511 g/mol. The molecule has 1 aromatic carbocycles. The Balaban J connectivity index is 2.13. The molecule has 2 aromatic rings. The van der Waals surface area contributed by atoms with Crippen molar-refractivity contribution >= 4 is 67.8 Å². The van der Waals surface area contributed by atoms with E-state index in [1.807, 2.05) is 11.8 Å². The third kappa shape index (κ3) is 4.90. The lowest BCUT2D eigenvalue weighted by molar-refractivity contribution is 0.0149. The average molecular weight is 530 g/mol. The maximum Gasteiger partial charge on any atom is 0.339 e. The molecule has 1 saturated heterocycles. The number of nitrogens with one attached hydrogen (secondary N) is 1. The van der Waals surface area contributed by atoms with Crippen LogP contribution in [0.25, 0.3) is 0 Å². The van der Waals surface area contributed by atoms with Crippen LogP contribution in [0.1, 0.15) is 35.3 Å². The molecule has 1 fully saturated rings. The van der Waals surface area contributed by atoms with E-state index in [9.17, 15) is 23.4 Å². The van der Waals surface area contributed by atoms with Gasteiger partial charge in [0.1, 0.15) is 24.9 Å². The number of nitrogens with zero attached hydrogens (tertiary/aromatic N) is 1. The summed E-state index contributed by atoms with van der Waals surface area (Å²) in [5.41, 5.74) is -0.156. The van der Waals surface area contributed by atoms with E-state index in [1.54, 1.807) is 0 Å². The molecule has 13 heteroatoms. The number of carbonyl (C=O) groups is 1. The van der Waals surface area contributed by atoms with Gasteiger partial charge < -0.3 is 14.9 Å². The van der Waals surface area contributed by atoms with E-state index in [4.69, 9.17) is 39.5 Å². The van der Waals surface area contributed by atoms with Crippen LogP contribution < -0.4 is 4.72 Å². The van der Waals surface area contributed by atoms with Gasteiger partial charge in [0, 0.05) is 24.7 Å². The third-order valence-electron chi connectivity index (χ3n) is 4.90. The number of sulfonamides is 1. The van der Waals surface area contributed by atoms with Crippen LogP contribution in [0.5, 0.6) is 5.75 Å². The first-order valence-electron chi connectivity index (χ1n) is 9.15. The van der Waals surface area contributed by atoms with Crippen molar-refractivity contribution in [2.24, 2.45) is 0 Å². The second kappa shape index (κ2) is 9.70. The second-order valence-corrected chi connectivity index (χ2v) is 10.9. The number of carboxylic acid groups (broad SMARTS) is 1. The van der Waals surface area contributed by atoms with Crippen LogP contribution >= 0.6 is 46.1 Å². The van der Waals surface area contributed by atoms with Crippen LogP contribution in [0.15, 0.2) is 17.0 Å². The number of benzene rings is 1. The fourth-order valence-electron chi connectivity index (χ4n) is 3.51. The molecule has 0 aliphatic carbocycles. The lowest BCUT2D eigenvalue weighted by Crippen LogP contribution is -2.39. The average Bonchev–Trinajstić information content (AvgIpc) is 2.97. The summed E-state index contributed by atoms with van der Waals surface area (Å²) < 4.78 is 33.8. The number of rotatable bonds is 7. The number of halogens is 3. The summed E-state index contributed by atoms with van der Waals surface area (Å²) in [5.74, 6) is -1.84. The summed E-state index contributed by atoms with van der Waals surface area (Å²) in [6.07, 6.45) is 0.483. The van der Waals surface area contributed by atoms with Gasteiger partial charge in [-0.25, -0.2) is 13.2 Å². The molecule has 0 bridgehead atoms. The molecule has 0 amide bonds. The largest absolute Gasteiger partial charge is 0.507 e. The predicted molar refractivity (Wildman–Crippen MR) is 121 cm³/mol. The number of carboxylic acids is 1. The SMILES string of the molecule is CCC(c1c(NS(=O)(=O)c2c(Cl)sc(Cl)c2Cl)ccc(C(=O)O)c1O)N1CCOCC1. The van der Waals surface area contributed by atoms with Crippen molar-refractivity contribution in [3.8, 4) is 5.75 Å². The van der Waals surface area contributed by atoms with Crippen molar-refractivity contribution in [1.82, 2.24) is 4.90 Å². The van der Waals surface area contributed by atoms with Gasteiger partial charge >= 0.3 is 5.97 Å². The highest BCUT2D eigenvalue weighted by atomic mass is 35.5. The van der Waals surface area contributed by atoms with Crippen LogP contribution in [0.4, 0.5) is 5.69 Å². The zero-order chi connectivity index (χ0) is 22.9. The fraction of sp³-hybridized carbons (Fsp3) is 0.389. The number of hydrogen-bond donors (Lipinski definition) is 3. The molecule has 8 nitrogen and oxygen atoms in total. The predicted octanol–water partition coefficient (Wildman–Crippen LogP) is 4.70. The summed E-state index contributed by atoms with van der Waals surface area (Å²) in [6, 6.07) is 1.97. The molecule has 1 aromatic heterocycles. The minimum absolute atomic E-state index is 0.0234. The van der Waals surface area contributed by atoms with E-state index in [2.05, 4.69) is 4.72 Å². The molecule has 2 heterocycles. The number of aromatic carboxylic acids is 1. The topological polar surface area (TPSA) is 116 Å². The summed E-state index contributed by atoms with van der Waals surface area (Å²) in [7, 11) is -4.29. The summed E-state index contributed by atoms with van der Waals surface area (Å²) in [4.78, 5) is 13.2. The summed E-state index contributed by atoms with van der Waals surface area (Å²) in [5, 5.41) is 20.0. The fourth-order valence-corrected chi connectivity index (χ4v) is 7.44. The van der Waals surface area contributed by atoms with Crippen molar-refractivity contribution in [1.29, 1.82) is 0 Å². The van der Waals surface area contributed by atoms with Gasteiger partial charge in [-0.15, -0.1) is 11.3 Å². The highest BCUT2D eigenvalue weighted by molar-refractivity contribution is 7.93. The van der Waals surface area contributed by atoms with E-state index < -0.39 is 27.8 Å². The zero-order valence-electron chi connectivity index (χ0n) is 16.2. The van der Waals surface area contributed by atoms with Gasteiger partial charge in [0.05, 0.1) is 23.9 Å². The molecular formula is C18H19Cl3N2O6S2. The van der Waals surface area contributed by atoms with Crippen LogP contribution in [0.2, 0.25) is 13.7 Å². The smallest absolute Gasteiger partial charge is 0.339 e. The first-order chi connectivity index (χ1) is 14.6. The van der Waals surface area contributed by atoms with E-state index >= 15 is 0 Å². The third-order valence-corrected chi connectivity index (χ3v) is 8.88. The highest BCUT2D eigenvalue weighted by Gasteiger charge is 2.32. The van der Waals surface area contributed by atoms with Crippen molar-refractivity contribution < 1.29 is 28.2 Å². The zero-order valence-corrected chi connectivity index (χ0v) is 20.1. The van der Waals surface area contributed by atoms with E-state index in [0.717, 1.165) is 17.4 Å². The van der Waals surface area contributed by atoms with E-state index in [0.29, 0.717) is 32.7 Å². The molecule has 170 valence electrons. The van der Waals surface area contributed by atoms with Gasteiger partial charge in [-0.2, -0.15) is 0 Å². The number of morpholine rings is 1. The Hall–Kier alpha value is -1.27. The van der Waals surface area contributed by atoms with Crippen molar-refractivity contribution in [2.45, 2.75) is 24.3 Å². The van der Waals surface area contributed by atoms with Gasteiger partial charge in [0.2, 0.25) is 0 Å². The molecule has 0 saturated carbocycles. The highest BCUT2D eigenvalue weighted by Crippen LogP contribution is 2.45. The number of aromatic hydroxyl groups is 1. The number of hydrogen-bond acceptors (Lipinski definition) is 7. The van der Waals surface area contributed by atoms with Crippen molar-refractivity contribution in [2.75, 3.05) is 31.0 Å². The Morgan fingerprint density at radius 3 is 2.42 bits per heavy atom. The molecule has 0 spiro atoms. The van der Waals surface area contributed by atoms with Crippen LogP contribution in [0, 0.1) is 0 Å². The molecule has 1 atom stereocenters. The summed E-state index contributed by atoms with van der Waals surface area (Å²) >= 11 is 18.8. The number of thiophene rings is 1. The lowest BCUT2D eigenvalue weighted by Gasteiger charge is -2.35. The van der Waals surface area contributed by atoms with Gasteiger partial charge in [-0.05, 0) is 18.6 Å². The van der Waals surface area contributed by atoms with E-state index in [1.165, 1.54) is 6.07 Å². The number of phenols is 1. The van der Waals surface area contributed by atoms with Gasteiger partial charge in [0.25, 0.3) is 10.0 Å². The van der Waals surface area contributed by atoms with Crippen molar-refractivity contribution in [3.05, 3.63) is 37.0 Å². The Morgan fingerprint density at radius 2 is 1.90 bits per heavy atom. The Kier molecular flexibility index (Phi) is 7.62. The molecule has 31 heavy (non-hydrogen) atoms. The normalized spacial score (nSPS) is 16.3. The maximum atomic E-state index is 13.1. The second-order valence-electron chi connectivity index (χ2n) is 6.70. The number of anilines is 1. The summed E-state index contributed by atoms with van der Waals surface area (Å²) in [6.45, 7) is 3.88. The Labute approximate surface area is 198 Å². The molecule has 3 N–H and O–H groups in total. The van der Waals surface area contributed by atoms with Crippen LogP contribution in [-0.4, -0.2) is 55.8 Å². The number of ether oxygens (including phenoxy) is 1. The van der Waals surface area contributed by atoms with E-state index in [-0.39, 0.29) is 35.4 Å². The Morgan fingerprint density at radius 1 is 1.26 bits per heavy atom. The molecule has 3 rings (SSSR count). The quantitative estimate of drug-likeness (QED) is 0.476. The first-order valence-corrected chi connectivity index (χ1v) is 12.6. The van der Waals surface area contributed by atoms with Crippen LogP contribution in [0.3, 0.4) is 0 Å².